The van der Waals surface area contributed by atoms with Crippen molar-refractivity contribution >= 4 is 8.72 Å². The molecule has 0 radical (unpaired) electrons. The fourth-order valence-corrected chi connectivity index (χ4v) is 6.05. The Hall–Kier alpha value is 0.0569. The van der Waals surface area contributed by atoms with Gasteiger partial charge in [0.1, 0.15) is 0 Å². The van der Waals surface area contributed by atoms with Crippen LogP contribution in [0.1, 0.15) is 32.1 Å². The fraction of sp³-hybridized carbons (Fsp3) is 1.00. The van der Waals surface area contributed by atoms with Crippen molar-refractivity contribution in [3.8, 4) is 0 Å². The number of nitrogens with zero attached hydrogens (tertiary/aromatic N) is 2. The monoisotopic (exact) mass is 258 g/mol. The highest BCUT2D eigenvalue weighted by Gasteiger charge is 2.46. The first-order valence-electron chi connectivity index (χ1n) is 6.88. The number of rotatable bonds is 5. The summed E-state index contributed by atoms with van der Waals surface area (Å²) in [4.78, 5) is 2.54. The molecule has 0 spiro atoms. The van der Waals surface area contributed by atoms with Crippen molar-refractivity contribution in [1.82, 2.24) is 9.47 Å². The van der Waals surface area contributed by atoms with Crippen LogP contribution >= 0.6 is 0 Å². The van der Waals surface area contributed by atoms with Crippen molar-refractivity contribution in [3.05, 3.63) is 0 Å². The quantitative estimate of drug-likeness (QED) is 0.695. The first kappa shape index (κ1) is 13.5. The van der Waals surface area contributed by atoms with Crippen LogP contribution in [-0.2, 0) is 8.85 Å². The fourth-order valence-electron chi connectivity index (χ4n) is 3.03. The van der Waals surface area contributed by atoms with Crippen molar-refractivity contribution in [3.63, 3.8) is 0 Å². The van der Waals surface area contributed by atoms with Crippen LogP contribution in [0.3, 0.4) is 0 Å². The maximum absolute atomic E-state index is 5.87. The number of hydrogen-bond acceptors (Lipinski definition) is 4. The molecule has 2 rings (SSSR count). The van der Waals surface area contributed by atoms with E-state index in [0.717, 1.165) is 19.3 Å². The van der Waals surface area contributed by atoms with E-state index in [0.29, 0.717) is 0 Å². The average Bonchev–Trinajstić information content (AvgIpc) is 2.92. The highest BCUT2D eigenvalue weighted by atomic mass is 28.4. The second-order valence-electron chi connectivity index (χ2n) is 5.15. The first-order valence-corrected chi connectivity index (χ1v) is 8.85. The Kier molecular flexibility index (Phi) is 4.99. The van der Waals surface area contributed by atoms with Crippen LogP contribution < -0.4 is 0 Å². The zero-order valence-corrected chi connectivity index (χ0v) is 12.3. The predicted molar refractivity (Wildman–Crippen MR) is 70.9 cm³/mol. The molecule has 0 N–H and O–H groups in total. The maximum atomic E-state index is 5.87. The third-order valence-corrected chi connectivity index (χ3v) is 7.63. The van der Waals surface area contributed by atoms with E-state index in [1.807, 2.05) is 14.2 Å². The van der Waals surface area contributed by atoms with E-state index in [-0.39, 0.29) is 0 Å². The Morgan fingerprint density at radius 3 is 1.88 bits per heavy atom. The molecule has 0 aromatic rings. The molecule has 4 nitrogen and oxygen atoms in total. The molecule has 2 heterocycles. The molecular formula is C12H26N2O2Si. The molecule has 17 heavy (non-hydrogen) atoms. The zero-order chi connectivity index (χ0) is 12.1. The lowest BCUT2D eigenvalue weighted by Crippen LogP contribution is -2.63. The van der Waals surface area contributed by atoms with Gasteiger partial charge >= 0.3 is 8.72 Å². The lowest BCUT2D eigenvalue weighted by molar-refractivity contribution is 0.140. The van der Waals surface area contributed by atoms with Gasteiger partial charge in [-0.25, -0.2) is 0 Å². The lowest BCUT2D eigenvalue weighted by Gasteiger charge is -2.39. The molecule has 0 atom stereocenters. The third-order valence-electron chi connectivity index (χ3n) is 4.10. The normalized spacial score (nSPS) is 24.4. The largest absolute Gasteiger partial charge is 0.441 e. The summed E-state index contributed by atoms with van der Waals surface area (Å²) in [5.74, 6) is 0. The van der Waals surface area contributed by atoms with E-state index < -0.39 is 8.72 Å². The standard InChI is InChI=1S/C12H26N2O2Si/c1-15-17(16-2,14-10-6-7-11-14)12-13-8-4-3-5-9-13/h3-12H2,1-2H3. The van der Waals surface area contributed by atoms with E-state index in [4.69, 9.17) is 8.85 Å². The summed E-state index contributed by atoms with van der Waals surface area (Å²) in [6.07, 6.45) is 7.65. The van der Waals surface area contributed by atoms with Gasteiger partial charge < -0.3 is 13.8 Å². The number of piperidine rings is 1. The number of likely N-dealkylation sites (tertiary alicyclic amines) is 1. The van der Waals surface area contributed by atoms with Crippen LogP contribution in [0.5, 0.6) is 0 Å². The van der Waals surface area contributed by atoms with Crippen molar-refractivity contribution < 1.29 is 8.85 Å². The van der Waals surface area contributed by atoms with Gasteiger partial charge in [-0.15, -0.1) is 0 Å². The SMILES string of the molecule is CO[Si](CN1CCCCC1)(OC)N1CCCC1. The molecule has 100 valence electrons. The topological polar surface area (TPSA) is 24.9 Å². The Balaban J connectivity index is 1.98. The molecule has 2 aliphatic rings. The molecule has 2 fully saturated rings. The van der Waals surface area contributed by atoms with E-state index in [1.54, 1.807) is 0 Å². The summed E-state index contributed by atoms with van der Waals surface area (Å²) < 4.78 is 14.2. The van der Waals surface area contributed by atoms with Gasteiger partial charge in [0, 0.05) is 14.2 Å². The zero-order valence-electron chi connectivity index (χ0n) is 11.3. The molecule has 0 bridgehead atoms. The predicted octanol–water partition coefficient (Wildman–Crippen LogP) is 1.34. The Labute approximate surface area is 106 Å². The maximum Gasteiger partial charge on any atom is 0.441 e. The average molecular weight is 258 g/mol. The summed E-state index contributed by atoms with van der Waals surface area (Å²) in [5, 5.41) is 0. The highest BCUT2D eigenvalue weighted by Crippen LogP contribution is 2.21. The number of hydrogen-bond donors (Lipinski definition) is 0. The first-order chi connectivity index (χ1) is 8.30. The summed E-state index contributed by atoms with van der Waals surface area (Å²) in [6.45, 7) is 4.74. The molecule has 0 amide bonds. The van der Waals surface area contributed by atoms with Crippen LogP contribution in [0.15, 0.2) is 0 Å². The van der Waals surface area contributed by atoms with Crippen molar-refractivity contribution in [2.24, 2.45) is 0 Å². The summed E-state index contributed by atoms with van der Waals surface area (Å²) >= 11 is 0. The van der Waals surface area contributed by atoms with Crippen molar-refractivity contribution in [2.75, 3.05) is 46.6 Å². The smallest absolute Gasteiger partial charge is 0.385 e. The van der Waals surface area contributed by atoms with Crippen LogP contribution in [0.2, 0.25) is 0 Å². The Morgan fingerprint density at radius 2 is 1.35 bits per heavy atom. The minimum atomic E-state index is -2.14. The van der Waals surface area contributed by atoms with Crippen LogP contribution in [0.25, 0.3) is 0 Å². The highest BCUT2D eigenvalue weighted by molar-refractivity contribution is 6.64. The minimum Gasteiger partial charge on any atom is -0.385 e. The van der Waals surface area contributed by atoms with Gasteiger partial charge in [-0.3, -0.25) is 4.57 Å². The summed E-state index contributed by atoms with van der Waals surface area (Å²) in [7, 11) is 1.52. The van der Waals surface area contributed by atoms with Crippen molar-refractivity contribution in [1.29, 1.82) is 0 Å². The van der Waals surface area contributed by atoms with Gasteiger partial charge in [-0.2, -0.15) is 0 Å². The van der Waals surface area contributed by atoms with Gasteiger partial charge in [0.15, 0.2) is 0 Å². The molecule has 0 aromatic carbocycles. The molecule has 0 saturated carbocycles. The second kappa shape index (κ2) is 6.29. The third kappa shape index (κ3) is 3.09. The van der Waals surface area contributed by atoms with Crippen molar-refractivity contribution in [2.45, 2.75) is 32.1 Å². The summed E-state index contributed by atoms with van der Waals surface area (Å²) in [6, 6.07) is 0. The second-order valence-corrected chi connectivity index (χ2v) is 8.34. The lowest BCUT2D eigenvalue weighted by atomic mass is 10.1. The molecule has 2 aliphatic heterocycles. The van der Waals surface area contributed by atoms with E-state index in [1.165, 1.54) is 45.2 Å². The van der Waals surface area contributed by atoms with Gasteiger partial charge in [0.05, 0.1) is 6.17 Å². The van der Waals surface area contributed by atoms with Gasteiger partial charge in [-0.1, -0.05) is 6.42 Å². The molecule has 5 heteroatoms. The molecule has 0 unspecified atom stereocenters. The molecule has 0 aliphatic carbocycles. The minimum absolute atomic E-state index is 1.01. The van der Waals surface area contributed by atoms with Gasteiger partial charge in [0.2, 0.25) is 0 Å². The van der Waals surface area contributed by atoms with Crippen LogP contribution in [-0.4, -0.2) is 64.8 Å². The van der Waals surface area contributed by atoms with Crippen LogP contribution in [0, 0.1) is 0 Å². The Morgan fingerprint density at radius 1 is 0.824 bits per heavy atom. The molecular weight excluding hydrogens is 232 g/mol. The molecule has 2 saturated heterocycles. The van der Waals surface area contributed by atoms with E-state index in [9.17, 15) is 0 Å². The van der Waals surface area contributed by atoms with E-state index in [2.05, 4.69) is 9.47 Å². The molecule has 0 aromatic heterocycles. The van der Waals surface area contributed by atoms with Gasteiger partial charge in [-0.05, 0) is 51.9 Å². The van der Waals surface area contributed by atoms with E-state index >= 15 is 0 Å². The van der Waals surface area contributed by atoms with Gasteiger partial charge in [0.25, 0.3) is 0 Å². The van der Waals surface area contributed by atoms with Crippen LogP contribution in [0.4, 0.5) is 0 Å². The summed E-state index contributed by atoms with van der Waals surface area (Å²) in [5.41, 5.74) is 0. The Bertz CT molecular complexity index is 225.